The number of fused-ring (bicyclic) bond motifs is 5. The van der Waals surface area contributed by atoms with Crippen molar-refractivity contribution in [3.8, 4) is 22.3 Å². The SMILES string of the molecule is Bc1c(B)c(B)c(-c2c3ccccc3c(-c3cc4cc(Cl)ccc4c4ccccc34)c3ccccc23)c(B)c1B. The summed E-state index contributed by atoms with van der Waals surface area (Å²) >= 11 is 6.51. The van der Waals surface area contributed by atoms with Crippen molar-refractivity contribution in [2.45, 2.75) is 0 Å². The molecule has 6 heteroatoms. The fourth-order valence-corrected chi connectivity index (χ4v) is 7.03. The summed E-state index contributed by atoms with van der Waals surface area (Å²) in [6.45, 7) is 0. The first-order valence-corrected chi connectivity index (χ1v) is 14.4. The van der Waals surface area contributed by atoms with Crippen molar-refractivity contribution in [1.29, 1.82) is 0 Å². The lowest BCUT2D eigenvalue weighted by atomic mass is 9.59. The van der Waals surface area contributed by atoms with Gasteiger partial charge >= 0.3 is 0 Å². The molecule has 0 heterocycles. The maximum absolute atomic E-state index is 6.51. The van der Waals surface area contributed by atoms with Gasteiger partial charge in [-0.3, -0.25) is 0 Å². The van der Waals surface area contributed by atoms with Gasteiger partial charge in [0.1, 0.15) is 39.2 Å². The molecule has 0 saturated heterocycles. The van der Waals surface area contributed by atoms with Gasteiger partial charge in [0, 0.05) is 5.02 Å². The van der Waals surface area contributed by atoms with Crippen LogP contribution in [0.15, 0.2) is 97.1 Å². The van der Waals surface area contributed by atoms with Crippen LogP contribution in [0.25, 0.3) is 65.3 Å². The van der Waals surface area contributed by atoms with Crippen molar-refractivity contribution in [1.82, 2.24) is 0 Å². The fourth-order valence-electron chi connectivity index (χ4n) is 6.85. The van der Waals surface area contributed by atoms with E-state index in [9.17, 15) is 0 Å². The third kappa shape index (κ3) is 3.61. The Morgan fingerprint density at radius 3 is 1.38 bits per heavy atom. The molecule has 0 unspecified atom stereocenters. The van der Waals surface area contributed by atoms with Crippen molar-refractivity contribution in [3.63, 3.8) is 0 Å². The van der Waals surface area contributed by atoms with Gasteiger partial charge in [0.15, 0.2) is 0 Å². The van der Waals surface area contributed by atoms with Gasteiger partial charge in [0.2, 0.25) is 0 Å². The molecule has 0 aliphatic rings. The lowest BCUT2D eigenvalue weighted by Crippen LogP contribution is -2.55. The maximum Gasteiger partial charge on any atom is 0.139 e. The normalized spacial score (nSPS) is 11.6. The number of rotatable bonds is 2. The molecule has 7 aromatic carbocycles. The molecule has 184 valence electrons. The third-order valence-corrected chi connectivity index (χ3v) is 9.51. The molecule has 0 N–H and O–H groups in total. The second-order valence-corrected chi connectivity index (χ2v) is 11.6. The van der Waals surface area contributed by atoms with Crippen LogP contribution in [0.4, 0.5) is 0 Å². The van der Waals surface area contributed by atoms with Crippen molar-refractivity contribution < 1.29 is 0 Å². The molecule has 0 saturated carbocycles. The number of hydrogen-bond donors (Lipinski definition) is 0. The van der Waals surface area contributed by atoms with Crippen molar-refractivity contribution >= 4 is 121 Å². The van der Waals surface area contributed by atoms with E-state index in [2.05, 4.69) is 130 Å². The molecule has 0 aromatic heterocycles. The largest absolute Gasteiger partial charge is 0.139 e. The smallest absolute Gasteiger partial charge is 0.102 e. The van der Waals surface area contributed by atoms with E-state index in [1.54, 1.807) is 0 Å². The first-order valence-electron chi connectivity index (χ1n) is 14.0. The zero-order valence-electron chi connectivity index (χ0n) is 23.6. The van der Waals surface area contributed by atoms with E-state index in [-0.39, 0.29) is 0 Å². The van der Waals surface area contributed by atoms with Crippen LogP contribution in [0, 0.1) is 0 Å². The highest BCUT2D eigenvalue weighted by Gasteiger charge is 2.22. The summed E-state index contributed by atoms with van der Waals surface area (Å²) in [6.07, 6.45) is 0. The van der Waals surface area contributed by atoms with E-state index in [1.807, 2.05) is 6.07 Å². The van der Waals surface area contributed by atoms with Crippen LogP contribution in [0.3, 0.4) is 0 Å². The molecule has 0 fully saturated rings. The topological polar surface area (TPSA) is 0 Å². The van der Waals surface area contributed by atoms with Gasteiger partial charge in [-0.25, -0.2) is 0 Å². The Morgan fingerprint density at radius 2 is 0.825 bits per heavy atom. The van der Waals surface area contributed by atoms with E-state index in [0.29, 0.717) is 0 Å². The number of benzene rings is 7. The average molecular weight is 524 g/mol. The van der Waals surface area contributed by atoms with E-state index in [4.69, 9.17) is 11.6 Å². The molecule has 40 heavy (non-hydrogen) atoms. The molecule has 0 amide bonds. The Kier molecular flexibility index (Phi) is 5.91. The molecule has 0 radical (unpaired) electrons. The summed E-state index contributed by atoms with van der Waals surface area (Å²) in [5, 5.41) is 10.8. The number of halogens is 1. The molecule has 7 aromatic rings. The van der Waals surface area contributed by atoms with E-state index in [0.717, 1.165) is 10.4 Å². The first-order chi connectivity index (χ1) is 19.4. The maximum atomic E-state index is 6.51. The van der Waals surface area contributed by atoms with Crippen LogP contribution in [-0.2, 0) is 0 Å². The molecule has 7 rings (SSSR count). The zero-order valence-corrected chi connectivity index (χ0v) is 24.4. The third-order valence-electron chi connectivity index (χ3n) is 9.27. The summed E-state index contributed by atoms with van der Waals surface area (Å²) in [5.41, 5.74) is 12.1. The van der Waals surface area contributed by atoms with Crippen LogP contribution >= 0.6 is 11.6 Å². The van der Waals surface area contributed by atoms with Crippen LogP contribution in [-0.4, -0.2) is 39.2 Å². The van der Waals surface area contributed by atoms with Crippen molar-refractivity contribution in [2.24, 2.45) is 0 Å². The van der Waals surface area contributed by atoms with Crippen molar-refractivity contribution in [3.05, 3.63) is 102 Å². The highest BCUT2D eigenvalue weighted by molar-refractivity contribution is 6.69. The van der Waals surface area contributed by atoms with Crippen molar-refractivity contribution in [2.75, 3.05) is 0 Å². The van der Waals surface area contributed by atoms with Gasteiger partial charge in [0.25, 0.3) is 0 Å². The summed E-state index contributed by atoms with van der Waals surface area (Å²) < 4.78 is 0. The Bertz CT molecular complexity index is 2100. The summed E-state index contributed by atoms with van der Waals surface area (Å²) in [4.78, 5) is 0. The molecule has 0 aliphatic carbocycles. The van der Waals surface area contributed by atoms with E-state index < -0.39 is 0 Å². The number of hydrogen-bond acceptors (Lipinski definition) is 0. The average Bonchev–Trinajstić information content (AvgIpc) is 2.98. The minimum atomic E-state index is 0.759. The predicted octanol–water partition coefficient (Wildman–Crippen LogP) is 1.58. The van der Waals surface area contributed by atoms with Gasteiger partial charge in [-0.2, -0.15) is 0 Å². The summed E-state index contributed by atoms with van der Waals surface area (Å²) in [5.74, 6) is 0. The molecule has 0 atom stereocenters. The predicted molar refractivity (Wildman–Crippen MR) is 193 cm³/mol. The minimum absolute atomic E-state index is 0.759. The highest BCUT2D eigenvalue weighted by Crippen LogP contribution is 2.45. The highest BCUT2D eigenvalue weighted by atomic mass is 35.5. The van der Waals surface area contributed by atoms with Crippen LogP contribution in [0.5, 0.6) is 0 Å². The van der Waals surface area contributed by atoms with Gasteiger partial charge in [-0.05, 0) is 83.5 Å². The molecule has 0 aliphatic heterocycles. The fraction of sp³-hybridized carbons (Fsp3) is 0. The monoisotopic (exact) mass is 524 g/mol. The lowest BCUT2D eigenvalue weighted by molar-refractivity contribution is 1.71. The van der Waals surface area contributed by atoms with E-state index >= 15 is 0 Å². The minimum Gasteiger partial charge on any atom is -0.102 e. The van der Waals surface area contributed by atoms with Crippen LogP contribution in [0.1, 0.15) is 0 Å². The van der Waals surface area contributed by atoms with Gasteiger partial charge in [0.05, 0.1) is 0 Å². The van der Waals surface area contributed by atoms with Gasteiger partial charge in [-0.15, -0.1) is 16.4 Å². The lowest BCUT2D eigenvalue weighted by Gasteiger charge is -2.25. The molecular weight excluding hydrogens is 498 g/mol. The second-order valence-electron chi connectivity index (χ2n) is 11.2. The van der Waals surface area contributed by atoms with Gasteiger partial charge < -0.3 is 0 Å². The molecular formula is C34H26B5Cl. The van der Waals surface area contributed by atoms with Crippen LogP contribution < -0.4 is 27.3 Å². The van der Waals surface area contributed by atoms with E-state index in [1.165, 1.54) is 87.3 Å². The first kappa shape index (κ1) is 25.2. The Balaban J connectivity index is 1.72. The molecule has 0 nitrogen and oxygen atoms in total. The Morgan fingerprint density at radius 1 is 0.375 bits per heavy atom. The summed E-state index contributed by atoms with van der Waals surface area (Å²) in [7, 11) is 11.4. The zero-order chi connectivity index (χ0) is 27.7. The standard InChI is InChI=1S/C34H26B5Cl/c35-30-29(31(36)33(38)34(39)32(30)37)28-24-11-5-3-9-22(24)27(23-10-4-6-12-25(23)28)26-16-17-15-18(40)13-14-19(17)20-7-1-2-8-21(20)26/h1-16H,35-39H2. The Hall–Kier alpha value is -3.81. The van der Waals surface area contributed by atoms with Gasteiger partial charge in [-0.1, -0.05) is 101 Å². The van der Waals surface area contributed by atoms with Crippen LogP contribution in [0.2, 0.25) is 5.02 Å². The quantitative estimate of drug-likeness (QED) is 0.183. The molecule has 0 spiro atoms. The molecule has 0 bridgehead atoms. The second kappa shape index (κ2) is 9.39. The Labute approximate surface area is 244 Å². The summed E-state index contributed by atoms with van der Waals surface area (Å²) in [6, 6.07) is 35.3.